The molecule has 0 atom stereocenters. The lowest BCUT2D eigenvalue weighted by molar-refractivity contribution is -0.144. The van der Waals surface area contributed by atoms with Gasteiger partial charge >= 0.3 is 5.97 Å². The van der Waals surface area contributed by atoms with Crippen molar-refractivity contribution in [2.45, 2.75) is 26.3 Å². The Bertz CT molecular complexity index is 1530. The van der Waals surface area contributed by atoms with Gasteiger partial charge in [0.05, 0.1) is 45.9 Å². The van der Waals surface area contributed by atoms with E-state index in [1.807, 2.05) is 50.2 Å². The number of amides is 1. The van der Waals surface area contributed by atoms with E-state index >= 15 is 0 Å². The molecule has 0 fully saturated rings. The average Bonchev–Trinajstić information content (AvgIpc) is 3.25. The van der Waals surface area contributed by atoms with Gasteiger partial charge in [-0.25, -0.2) is 4.39 Å². The molecule has 0 radical (unpaired) electrons. The van der Waals surface area contributed by atoms with Gasteiger partial charge in [0.15, 0.2) is 11.5 Å². The highest BCUT2D eigenvalue weighted by Crippen LogP contribution is 2.45. The molecule has 1 N–H and O–H groups in total. The van der Waals surface area contributed by atoms with E-state index in [1.54, 1.807) is 24.4 Å². The standard InChI is InChI=1S/C34H38FN3O6/c1-22-27(26-10-9-24(35)19-29(26)28(22)20-32(39)37-21-25-8-6-7-12-36-25)16-23-17-30(41-4)34(31(18-23)42-5)44-14-11-33(40)43-15-13-38(2)3/h6-10,12,16-19H,11,13-15,20-21H2,1-5H3,(H,37,39)/b27-16-. The number of nitrogens with zero attached hydrogens (tertiary/aromatic N) is 2. The Morgan fingerprint density at radius 1 is 1.00 bits per heavy atom. The first-order chi connectivity index (χ1) is 21.2. The molecule has 0 spiro atoms. The lowest BCUT2D eigenvalue weighted by Gasteiger charge is -2.16. The first-order valence-electron chi connectivity index (χ1n) is 14.3. The summed E-state index contributed by atoms with van der Waals surface area (Å²) in [5.41, 5.74) is 5.47. The van der Waals surface area contributed by atoms with Gasteiger partial charge < -0.3 is 29.2 Å². The minimum atomic E-state index is -0.379. The number of pyridine rings is 1. The summed E-state index contributed by atoms with van der Waals surface area (Å²) in [4.78, 5) is 31.2. The van der Waals surface area contributed by atoms with Gasteiger partial charge in [0.25, 0.3) is 0 Å². The summed E-state index contributed by atoms with van der Waals surface area (Å²) < 4.78 is 36.7. The van der Waals surface area contributed by atoms with Gasteiger partial charge in [-0.2, -0.15) is 0 Å². The van der Waals surface area contributed by atoms with E-state index in [-0.39, 0.29) is 37.1 Å². The summed E-state index contributed by atoms with van der Waals surface area (Å²) >= 11 is 0. The number of carbonyl (C=O) groups excluding carboxylic acids is 2. The zero-order valence-corrected chi connectivity index (χ0v) is 25.7. The molecule has 44 heavy (non-hydrogen) atoms. The van der Waals surface area contributed by atoms with Crippen LogP contribution in [0.1, 0.15) is 42.1 Å². The molecule has 1 aromatic heterocycles. The quantitative estimate of drug-likeness (QED) is 0.253. The third kappa shape index (κ3) is 8.23. The molecule has 10 heteroatoms. The molecule has 0 unspecified atom stereocenters. The van der Waals surface area contributed by atoms with Crippen LogP contribution >= 0.6 is 0 Å². The summed E-state index contributed by atoms with van der Waals surface area (Å²) in [5.74, 6) is 0.287. The van der Waals surface area contributed by atoms with Gasteiger partial charge in [-0.15, -0.1) is 0 Å². The molecule has 3 aromatic rings. The van der Waals surface area contributed by atoms with Crippen molar-refractivity contribution in [1.82, 2.24) is 15.2 Å². The molecule has 9 nitrogen and oxygen atoms in total. The maximum absolute atomic E-state index is 14.4. The maximum Gasteiger partial charge on any atom is 0.309 e. The average molecular weight is 604 g/mol. The Morgan fingerprint density at radius 3 is 2.41 bits per heavy atom. The minimum Gasteiger partial charge on any atom is -0.493 e. The van der Waals surface area contributed by atoms with E-state index in [0.717, 1.165) is 33.5 Å². The highest BCUT2D eigenvalue weighted by atomic mass is 19.1. The van der Waals surface area contributed by atoms with Crippen LogP contribution in [0.15, 0.2) is 60.3 Å². The molecule has 1 aliphatic carbocycles. The molecule has 0 aliphatic heterocycles. The van der Waals surface area contributed by atoms with E-state index in [9.17, 15) is 14.0 Å². The van der Waals surface area contributed by atoms with E-state index < -0.39 is 0 Å². The van der Waals surface area contributed by atoms with Crippen LogP contribution in [0.2, 0.25) is 0 Å². The number of benzene rings is 2. The van der Waals surface area contributed by atoms with Crippen molar-refractivity contribution >= 4 is 29.1 Å². The van der Waals surface area contributed by atoms with E-state index in [1.165, 1.54) is 26.4 Å². The molecule has 2 aromatic carbocycles. The molecule has 0 saturated heterocycles. The van der Waals surface area contributed by atoms with E-state index in [0.29, 0.717) is 42.5 Å². The fourth-order valence-corrected chi connectivity index (χ4v) is 4.84. The van der Waals surface area contributed by atoms with Crippen LogP contribution in [-0.2, 0) is 20.9 Å². The third-order valence-corrected chi connectivity index (χ3v) is 7.13. The number of ether oxygens (including phenoxy) is 4. The summed E-state index contributed by atoms with van der Waals surface area (Å²) in [5, 5.41) is 2.90. The normalized spacial score (nSPS) is 13.2. The van der Waals surface area contributed by atoms with Crippen molar-refractivity contribution < 1.29 is 32.9 Å². The third-order valence-electron chi connectivity index (χ3n) is 7.13. The lowest BCUT2D eigenvalue weighted by Crippen LogP contribution is -2.23. The highest BCUT2D eigenvalue weighted by molar-refractivity contribution is 6.08. The van der Waals surface area contributed by atoms with Crippen LogP contribution in [-0.4, -0.2) is 69.8 Å². The van der Waals surface area contributed by atoms with Crippen molar-refractivity contribution in [2.24, 2.45) is 0 Å². The maximum atomic E-state index is 14.4. The van der Waals surface area contributed by atoms with Crippen molar-refractivity contribution in [3.05, 3.63) is 88.5 Å². The Balaban J connectivity index is 1.55. The second kappa shape index (κ2) is 15.2. The Hall–Kier alpha value is -4.70. The van der Waals surface area contributed by atoms with Crippen LogP contribution in [0.25, 0.3) is 17.2 Å². The molecule has 0 bridgehead atoms. The number of methoxy groups -OCH3 is 2. The lowest BCUT2D eigenvalue weighted by atomic mass is 10.00. The van der Waals surface area contributed by atoms with Crippen LogP contribution in [0.4, 0.5) is 4.39 Å². The van der Waals surface area contributed by atoms with Crippen LogP contribution in [0, 0.1) is 5.82 Å². The number of esters is 1. The van der Waals surface area contributed by atoms with Crippen molar-refractivity contribution in [3.8, 4) is 17.2 Å². The molecule has 4 rings (SSSR count). The molecule has 1 heterocycles. The summed E-state index contributed by atoms with van der Waals surface area (Å²) in [6.07, 6.45) is 3.78. The van der Waals surface area contributed by atoms with Crippen LogP contribution in [0.5, 0.6) is 17.2 Å². The Labute approximate surface area is 257 Å². The summed E-state index contributed by atoms with van der Waals surface area (Å²) in [6.45, 7) is 3.26. The number of likely N-dealkylation sites (N-methyl/N-ethyl adjacent to an activating group) is 1. The Morgan fingerprint density at radius 2 is 1.75 bits per heavy atom. The van der Waals surface area contributed by atoms with Crippen molar-refractivity contribution in [2.75, 3.05) is 48.1 Å². The summed E-state index contributed by atoms with van der Waals surface area (Å²) in [6, 6.07) is 13.7. The number of halogens is 1. The first-order valence-corrected chi connectivity index (χ1v) is 14.3. The fraction of sp³-hybridized carbons (Fsp3) is 0.324. The van der Waals surface area contributed by atoms with Gasteiger partial charge in [-0.1, -0.05) is 12.1 Å². The predicted molar refractivity (Wildman–Crippen MR) is 167 cm³/mol. The number of fused-ring (bicyclic) bond motifs is 1. The molecule has 1 amide bonds. The van der Waals surface area contributed by atoms with Gasteiger partial charge in [-0.3, -0.25) is 14.6 Å². The zero-order chi connectivity index (χ0) is 31.6. The minimum absolute atomic E-state index is 0.0705. The Kier molecular flexibility index (Phi) is 11.1. The fourth-order valence-electron chi connectivity index (χ4n) is 4.84. The smallest absolute Gasteiger partial charge is 0.309 e. The monoisotopic (exact) mass is 603 g/mol. The first kappa shape index (κ1) is 32.2. The number of carbonyl (C=O) groups is 2. The van der Waals surface area contributed by atoms with Crippen molar-refractivity contribution in [3.63, 3.8) is 0 Å². The number of allylic oxidation sites excluding steroid dienone is 2. The number of rotatable bonds is 14. The topological polar surface area (TPSA) is 99.2 Å². The largest absolute Gasteiger partial charge is 0.493 e. The number of nitrogens with one attached hydrogen (secondary N) is 1. The van der Waals surface area contributed by atoms with Gasteiger partial charge in [-0.05, 0) is 96.9 Å². The van der Waals surface area contributed by atoms with Crippen LogP contribution < -0.4 is 19.5 Å². The van der Waals surface area contributed by atoms with Gasteiger partial charge in [0.1, 0.15) is 12.4 Å². The summed E-state index contributed by atoms with van der Waals surface area (Å²) in [7, 11) is 6.85. The number of hydrogen-bond donors (Lipinski definition) is 1. The zero-order valence-electron chi connectivity index (χ0n) is 25.7. The molecule has 0 saturated carbocycles. The second-order valence-electron chi connectivity index (χ2n) is 10.5. The van der Waals surface area contributed by atoms with Crippen LogP contribution in [0.3, 0.4) is 0 Å². The molecule has 1 aliphatic rings. The number of aromatic nitrogens is 1. The molecular weight excluding hydrogens is 565 g/mol. The molecular formula is C34H38FN3O6. The predicted octanol–water partition coefficient (Wildman–Crippen LogP) is 5.15. The van der Waals surface area contributed by atoms with E-state index in [4.69, 9.17) is 18.9 Å². The highest BCUT2D eigenvalue weighted by Gasteiger charge is 2.26. The SMILES string of the molecule is COc1cc(/C=C2/C(C)=C(CC(=O)NCc3ccccn3)c3cc(F)ccc32)cc(OC)c1OCCC(=O)OCCN(C)C. The van der Waals surface area contributed by atoms with Gasteiger partial charge in [0.2, 0.25) is 11.7 Å². The molecule has 232 valence electrons. The van der Waals surface area contributed by atoms with Crippen molar-refractivity contribution in [1.29, 1.82) is 0 Å². The number of hydrogen-bond acceptors (Lipinski definition) is 8. The van der Waals surface area contributed by atoms with E-state index in [2.05, 4.69) is 10.3 Å². The van der Waals surface area contributed by atoms with Gasteiger partial charge in [0, 0.05) is 12.7 Å². The second-order valence-corrected chi connectivity index (χ2v) is 10.5.